The molecule has 0 aliphatic carbocycles. The molecule has 0 saturated heterocycles. The average molecular weight is 808 g/mol. The number of aromatic carboxylic acids is 1. The summed E-state index contributed by atoms with van der Waals surface area (Å²) in [4.78, 5) is 56.6. The molecular weight excluding hydrogens is 780 g/mol. The zero-order chi connectivity index (χ0) is 39.4. The Morgan fingerprint density at radius 1 is 0.964 bits per heavy atom. The van der Waals surface area contributed by atoms with E-state index in [2.05, 4.69) is 27.3 Å². The highest BCUT2D eigenvalue weighted by Gasteiger charge is 2.35. The van der Waals surface area contributed by atoms with Crippen molar-refractivity contribution in [3.05, 3.63) is 123 Å². The lowest BCUT2D eigenvalue weighted by Crippen LogP contribution is -2.17. The Morgan fingerprint density at radius 2 is 1.69 bits per heavy atom. The summed E-state index contributed by atoms with van der Waals surface area (Å²) in [5.74, 6) is -6.89. The smallest absolute Gasteiger partial charge is 0.412 e. The number of nitrogens with zero attached hydrogens (tertiary/aromatic N) is 3. The van der Waals surface area contributed by atoms with Crippen LogP contribution in [0.4, 0.5) is 28.0 Å². The van der Waals surface area contributed by atoms with E-state index in [9.17, 15) is 37.5 Å². The number of thiophene rings is 2. The van der Waals surface area contributed by atoms with Gasteiger partial charge >= 0.3 is 18.0 Å². The number of nitrogens with one attached hydrogen (secondary N) is 2. The second-order valence-electron chi connectivity index (χ2n) is 11.7. The fourth-order valence-corrected chi connectivity index (χ4v) is 8.03. The molecule has 282 valence electrons. The molecule has 0 bridgehead atoms. The molecule has 0 aliphatic rings. The van der Waals surface area contributed by atoms with Crippen molar-refractivity contribution in [2.24, 2.45) is 7.05 Å². The van der Waals surface area contributed by atoms with E-state index >= 15 is 0 Å². The van der Waals surface area contributed by atoms with Crippen LogP contribution in [-0.4, -0.2) is 43.8 Å². The van der Waals surface area contributed by atoms with Crippen molar-refractivity contribution in [1.29, 1.82) is 0 Å². The lowest BCUT2D eigenvalue weighted by Gasteiger charge is -2.13. The zero-order valence-corrected chi connectivity index (χ0v) is 31.2. The summed E-state index contributed by atoms with van der Waals surface area (Å²) in [5.41, 5.74) is 0.592. The van der Waals surface area contributed by atoms with E-state index in [1.165, 1.54) is 54.1 Å². The van der Waals surface area contributed by atoms with Gasteiger partial charge in [-0.15, -0.1) is 40.6 Å². The monoisotopic (exact) mass is 807 g/mol. The van der Waals surface area contributed by atoms with E-state index in [-0.39, 0.29) is 49.3 Å². The van der Waals surface area contributed by atoms with E-state index in [4.69, 9.17) is 9.47 Å². The number of anilines is 2. The quantitative estimate of drug-likeness (QED) is 0.0587. The van der Waals surface area contributed by atoms with Crippen LogP contribution in [0.3, 0.4) is 0 Å². The van der Waals surface area contributed by atoms with Gasteiger partial charge in [0, 0.05) is 57.6 Å². The molecule has 0 unspecified atom stereocenters. The average Bonchev–Trinajstić information content (AvgIpc) is 3.94. The summed E-state index contributed by atoms with van der Waals surface area (Å²) in [5, 5.41) is 24.3. The van der Waals surface area contributed by atoms with Crippen molar-refractivity contribution in [2.45, 2.75) is 25.9 Å². The first-order valence-corrected chi connectivity index (χ1v) is 18.6. The number of para-hydroxylation sites is 1. The number of benzene rings is 2. The highest BCUT2D eigenvalue weighted by Crippen LogP contribution is 2.40. The number of carbonyl (C=O) groups excluding carboxylic acids is 3. The number of hydrogen-bond acceptors (Lipinski definition) is 11. The summed E-state index contributed by atoms with van der Waals surface area (Å²) >= 11 is 3.18. The van der Waals surface area contributed by atoms with Gasteiger partial charge in [-0.25, -0.2) is 23.8 Å². The summed E-state index contributed by atoms with van der Waals surface area (Å²) < 4.78 is 55.2. The Labute approximate surface area is 322 Å². The SMILES string of the molecule is C=CCC(F)(F)c1cc(-c2csc(NC(=O)OCc3ccccc3OC(=O)c3c(-c4nc(C)cs4)csc3NC(=O)c3cccc(F)c3)c2C(=O)O)n(C)n1. The van der Waals surface area contributed by atoms with Crippen molar-refractivity contribution in [3.63, 3.8) is 0 Å². The molecule has 6 aromatic rings. The van der Waals surface area contributed by atoms with Gasteiger partial charge in [-0.05, 0) is 37.3 Å². The van der Waals surface area contributed by atoms with Gasteiger partial charge in [-0.2, -0.15) is 13.9 Å². The molecule has 6 rings (SSSR count). The molecule has 0 fully saturated rings. The van der Waals surface area contributed by atoms with Crippen LogP contribution >= 0.6 is 34.0 Å². The standard InChI is InChI=1S/C37H28F3N5O7S3/c1-4-12-37(39,40)27-14-25(45(3)44-27)23-17-54-32(28(23)34(47)48)43-36(50)51-15-21-8-5-6-11-26(21)52-35(49)29-24(31-41-19(2)16-53-31)18-55-33(29)42-30(46)20-9-7-10-22(38)13-20/h4-11,13-14,16-18H,1,12,15H2,2-3H3,(H,42,46)(H,43,50)(H,47,48). The number of aryl methyl sites for hydroxylation is 2. The number of amides is 2. The third-order valence-electron chi connectivity index (χ3n) is 7.84. The number of carboxylic acid groups (broad SMARTS) is 1. The third kappa shape index (κ3) is 8.51. The van der Waals surface area contributed by atoms with Gasteiger partial charge in [-0.3, -0.25) is 14.8 Å². The highest BCUT2D eigenvalue weighted by atomic mass is 32.1. The van der Waals surface area contributed by atoms with E-state index in [1.807, 2.05) is 0 Å². The van der Waals surface area contributed by atoms with Gasteiger partial charge in [0.05, 0.1) is 5.69 Å². The molecule has 55 heavy (non-hydrogen) atoms. The number of hydrogen-bond donors (Lipinski definition) is 3. The number of halogens is 3. The van der Waals surface area contributed by atoms with Gasteiger partial charge in [-0.1, -0.05) is 30.3 Å². The number of alkyl halides is 2. The van der Waals surface area contributed by atoms with Crippen molar-refractivity contribution in [2.75, 3.05) is 10.6 Å². The maximum absolute atomic E-state index is 14.5. The topological polar surface area (TPSA) is 162 Å². The summed E-state index contributed by atoms with van der Waals surface area (Å²) in [6, 6.07) is 12.3. The number of rotatable bonds is 13. The van der Waals surface area contributed by atoms with Gasteiger partial charge in [0.2, 0.25) is 0 Å². The van der Waals surface area contributed by atoms with Crippen LogP contribution in [0.25, 0.3) is 21.8 Å². The molecule has 12 nitrogen and oxygen atoms in total. The van der Waals surface area contributed by atoms with E-state index in [0.29, 0.717) is 16.3 Å². The molecular formula is C37H28F3N5O7S3. The zero-order valence-electron chi connectivity index (χ0n) is 28.7. The Hall–Kier alpha value is -6.11. The maximum atomic E-state index is 14.5. The number of allylic oxidation sites excluding steroid dienone is 1. The number of thiazole rings is 1. The number of carbonyl (C=O) groups is 4. The second kappa shape index (κ2) is 16.1. The van der Waals surface area contributed by atoms with Gasteiger partial charge in [0.25, 0.3) is 11.8 Å². The van der Waals surface area contributed by atoms with Crippen molar-refractivity contribution < 1.29 is 46.9 Å². The normalized spacial score (nSPS) is 11.2. The van der Waals surface area contributed by atoms with Crippen LogP contribution < -0.4 is 15.4 Å². The van der Waals surface area contributed by atoms with Gasteiger partial charge < -0.3 is 19.9 Å². The Balaban J connectivity index is 1.19. The Bertz CT molecular complexity index is 2450. The summed E-state index contributed by atoms with van der Waals surface area (Å²) in [6.07, 6.45) is -0.669. The molecule has 0 radical (unpaired) electrons. The minimum Gasteiger partial charge on any atom is -0.478 e. The molecule has 2 amide bonds. The lowest BCUT2D eigenvalue weighted by molar-refractivity contribution is -0.00593. The number of carboxylic acids is 1. The van der Waals surface area contributed by atoms with Crippen molar-refractivity contribution >= 4 is 68.0 Å². The first-order chi connectivity index (χ1) is 26.2. The molecule has 0 atom stereocenters. The van der Waals surface area contributed by atoms with E-state index in [1.54, 1.807) is 29.8 Å². The number of ether oxygens (including phenoxy) is 2. The van der Waals surface area contributed by atoms with Crippen LogP contribution in [0.5, 0.6) is 5.75 Å². The van der Waals surface area contributed by atoms with Crippen molar-refractivity contribution in [3.8, 4) is 27.6 Å². The fraction of sp³-hybridized carbons (Fsp3) is 0.135. The number of aromatic nitrogens is 3. The summed E-state index contributed by atoms with van der Waals surface area (Å²) in [6.45, 7) is 4.70. The third-order valence-corrected chi connectivity index (χ3v) is 10.6. The molecule has 18 heteroatoms. The predicted molar refractivity (Wildman–Crippen MR) is 202 cm³/mol. The summed E-state index contributed by atoms with van der Waals surface area (Å²) in [7, 11) is 1.39. The van der Waals surface area contributed by atoms with Gasteiger partial charge in [0.15, 0.2) is 0 Å². The molecule has 0 saturated carbocycles. The van der Waals surface area contributed by atoms with Crippen LogP contribution in [0.2, 0.25) is 0 Å². The molecule has 2 aromatic carbocycles. The minimum absolute atomic E-state index is 0.00256. The number of esters is 1. The van der Waals surface area contributed by atoms with Crippen LogP contribution in [-0.2, 0) is 24.3 Å². The first-order valence-electron chi connectivity index (χ1n) is 16.0. The lowest BCUT2D eigenvalue weighted by atomic mass is 10.1. The molecule has 3 N–H and O–H groups in total. The van der Waals surface area contributed by atoms with E-state index in [0.717, 1.165) is 45.6 Å². The predicted octanol–water partition coefficient (Wildman–Crippen LogP) is 9.37. The molecule has 0 aliphatic heterocycles. The molecule has 4 heterocycles. The Kier molecular flexibility index (Phi) is 11.3. The maximum Gasteiger partial charge on any atom is 0.412 e. The van der Waals surface area contributed by atoms with Crippen LogP contribution in [0.1, 0.15) is 54.4 Å². The highest BCUT2D eigenvalue weighted by molar-refractivity contribution is 7.17. The van der Waals surface area contributed by atoms with E-state index < -0.39 is 54.4 Å². The molecule has 4 aromatic heterocycles. The Morgan fingerprint density at radius 3 is 2.38 bits per heavy atom. The van der Waals surface area contributed by atoms with Crippen LogP contribution in [0, 0.1) is 12.7 Å². The molecule has 0 spiro atoms. The fourth-order valence-electron chi connectivity index (χ4n) is 5.27. The van der Waals surface area contributed by atoms with Gasteiger partial charge in [0.1, 0.15) is 50.0 Å². The largest absolute Gasteiger partial charge is 0.478 e. The second-order valence-corrected chi connectivity index (χ2v) is 14.3. The van der Waals surface area contributed by atoms with Crippen molar-refractivity contribution in [1.82, 2.24) is 14.8 Å². The first kappa shape index (κ1) is 38.6. The van der Waals surface area contributed by atoms with Crippen LogP contribution in [0.15, 0.2) is 83.4 Å². The minimum atomic E-state index is -3.33.